The third kappa shape index (κ3) is 3.55. The van der Waals surface area contributed by atoms with Gasteiger partial charge < -0.3 is 9.73 Å². The molecule has 23 heavy (non-hydrogen) atoms. The molecule has 0 atom stereocenters. The van der Waals surface area contributed by atoms with E-state index in [1.54, 1.807) is 24.3 Å². The van der Waals surface area contributed by atoms with Crippen LogP contribution in [0.2, 0.25) is 0 Å². The topological polar surface area (TPSA) is 76.4 Å². The monoisotopic (exact) mass is 349 g/mol. The van der Waals surface area contributed by atoms with Crippen LogP contribution < -0.4 is 5.32 Å². The third-order valence-corrected chi connectivity index (χ3v) is 4.68. The number of fused-ring (bicyclic) bond motifs is 1. The first-order valence-corrected chi connectivity index (χ1v) is 9.05. The summed E-state index contributed by atoms with van der Waals surface area (Å²) in [6.45, 7) is 0.249. The molecule has 0 aliphatic heterocycles. The maximum atomic E-state index is 12.1. The van der Waals surface area contributed by atoms with E-state index in [0.717, 1.165) is 10.9 Å². The number of nitrogens with one attached hydrogen (secondary N) is 1. The van der Waals surface area contributed by atoms with Crippen molar-refractivity contribution in [2.75, 3.05) is 0 Å². The second-order valence-corrected chi connectivity index (χ2v) is 7.48. The summed E-state index contributed by atoms with van der Waals surface area (Å²) >= 11 is 0. The van der Waals surface area contributed by atoms with Gasteiger partial charge in [-0.1, -0.05) is 30.3 Å². The largest absolute Gasteiger partial charge is 0.451 e. The highest BCUT2D eigenvalue weighted by Gasteiger charge is 2.12. The molecule has 0 unspecified atom stereocenters. The number of hydrogen-bond acceptors (Lipinski definition) is 4. The van der Waals surface area contributed by atoms with E-state index in [1.807, 2.05) is 18.2 Å². The molecule has 118 valence electrons. The summed E-state index contributed by atoms with van der Waals surface area (Å²) in [4.78, 5) is 12.1. The van der Waals surface area contributed by atoms with Gasteiger partial charge in [-0.15, -0.1) is 0 Å². The summed E-state index contributed by atoms with van der Waals surface area (Å²) < 4.78 is 27.8. The van der Waals surface area contributed by atoms with E-state index in [2.05, 4.69) is 5.32 Å². The lowest BCUT2D eigenvalue weighted by Crippen LogP contribution is -2.22. The Kier molecular flexibility index (Phi) is 4.11. The quantitative estimate of drug-likeness (QED) is 0.733. The van der Waals surface area contributed by atoms with Gasteiger partial charge in [0.15, 0.2) is 5.76 Å². The summed E-state index contributed by atoms with van der Waals surface area (Å²) in [5.41, 5.74) is 1.40. The zero-order valence-electron chi connectivity index (χ0n) is 11.8. The van der Waals surface area contributed by atoms with Gasteiger partial charge in [0.05, 0.1) is 4.90 Å². The lowest BCUT2D eigenvalue weighted by molar-refractivity contribution is 0.0925. The summed E-state index contributed by atoms with van der Waals surface area (Å²) in [7, 11) is 1.51. The molecule has 0 fully saturated rings. The second kappa shape index (κ2) is 6.06. The molecule has 3 rings (SSSR count). The normalized spacial score (nSPS) is 11.5. The molecule has 3 aromatic rings. The maximum Gasteiger partial charge on any atom is 0.287 e. The minimum Gasteiger partial charge on any atom is -0.451 e. The van der Waals surface area contributed by atoms with Gasteiger partial charge in [-0.2, -0.15) is 0 Å². The van der Waals surface area contributed by atoms with E-state index in [0.29, 0.717) is 5.58 Å². The van der Waals surface area contributed by atoms with Crippen LogP contribution in [0, 0.1) is 0 Å². The predicted molar refractivity (Wildman–Crippen MR) is 86.9 cm³/mol. The predicted octanol–water partition coefficient (Wildman–Crippen LogP) is 3.29. The fourth-order valence-electron chi connectivity index (χ4n) is 2.13. The number of hydrogen-bond donors (Lipinski definition) is 1. The minimum atomic E-state index is -3.74. The van der Waals surface area contributed by atoms with E-state index >= 15 is 0 Å². The van der Waals surface area contributed by atoms with Crippen LogP contribution in [0.15, 0.2) is 63.9 Å². The van der Waals surface area contributed by atoms with E-state index in [-0.39, 0.29) is 23.1 Å². The van der Waals surface area contributed by atoms with Gasteiger partial charge in [0, 0.05) is 22.6 Å². The van der Waals surface area contributed by atoms with E-state index in [1.165, 1.54) is 12.1 Å². The van der Waals surface area contributed by atoms with Crippen LogP contribution in [0.1, 0.15) is 16.1 Å². The Morgan fingerprint density at radius 1 is 1.09 bits per heavy atom. The molecular weight excluding hydrogens is 338 g/mol. The lowest BCUT2D eigenvalue weighted by atomic mass is 10.2. The van der Waals surface area contributed by atoms with Crippen LogP contribution in [0.25, 0.3) is 11.0 Å². The van der Waals surface area contributed by atoms with Gasteiger partial charge in [-0.05, 0) is 29.8 Å². The summed E-state index contributed by atoms with van der Waals surface area (Å²) in [5, 5.41) is 3.58. The number of amides is 1. The molecule has 0 bridgehead atoms. The number of rotatable bonds is 4. The van der Waals surface area contributed by atoms with Gasteiger partial charge >= 0.3 is 0 Å². The first kappa shape index (κ1) is 15.6. The van der Waals surface area contributed by atoms with Gasteiger partial charge in [-0.25, -0.2) is 8.42 Å². The van der Waals surface area contributed by atoms with Crippen LogP contribution in [0.3, 0.4) is 0 Å². The van der Waals surface area contributed by atoms with Crippen molar-refractivity contribution >= 4 is 36.6 Å². The Bertz CT molecular complexity index is 928. The van der Waals surface area contributed by atoms with E-state index < -0.39 is 9.05 Å². The molecule has 0 saturated carbocycles. The van der Waals surface area contributed by atoms with Crippen LogP contribution in [0.4, 0.5) is 0 Å². The van der Waals surface area contributed by atoms with Gasteiger partial charge in [0.25, 0.3) is 15.0 Å². The molecule has 1 aromatic heterocycles. The number of carbonyl (C=O) groups is 1. The minimum absolute atomic E-state index is 0.0199. The van der Waals surface area contributed by atoms with Gasteiger partial charge in [0.1, 0.15) is 5.58 Å². The Morgan fingerprint density at radius 2 is 1.78 bits per heavy atom. The molecule has 0 radical (unpaired) electrons. The lowest BCUT2D eigenvalue weighted by Gasteiger charge is -2.04. The molecule has 0 saturated heterocycles. The Morgan fingerprint density at radius 3 is 2.43 bits per heavy atom. The molecule has 1 heterocycles. The van der Waals surface area contributed by atoms with Crippen molar-refractivity contribution in [1.29, 1.82) is 0 Å². The Balaban J connectivity index is 1.69. The molecule has 1 amide bonds. The van der Waals surface area contributed by atoms with Crippen LogP contribution >= 0.6 is 10.7 Å². The molecule has 0 spiro atoms. The van der Waals surface area contributed by atoms with Gasteiger partial charge in [0.2, 0.25) is 0 Å². The molecule has 2 aromatic carbocycles. The average Bonchev–Trinajstić information content (AvgIpc) is 2.96. The Hall–Kier alpha value is -2.31. The zero-order valence-corrected chi connectivity index (χ0v) is 13.4. The maximum absolute atomic E-state index is 12.1. The fraction of sp³-hybridized carbons (Fsp3) is 0.0625. The smallest absolute Gasteiger partial charge is 0.287 e. The molecule has 7 heteroatoms. The van der Waals surface area contributed by atoms with Crippen molar-refractivity contribution in [2.45, 2.75) is 11.4 Å². The summed E-state index contributed by atoms with van der Waals surface area (Å²) in [5.74, 6) is -0.110. The number of halogens is 1. The van der Waals surface area contributed by atoms with Crippen LogP contribution in [0.5, 0.6) is 0 Å². The number of para-hydroxylation sites is 1. The average molecular weight is 350 g/mol. The SMILES string of the molecule is O=C(NCc1ccc(S(=O)(=O)Cl)cc1)c1cc2ccccc2o1. The standard InChI is InChI=1S/C16H12ClNO4S/c17-23(20,21)13-7-5-11(6-8-13)10-18-16(19)15-9-12-3-1-2-4-14(12)22-15/h1-9H,10H2,(H,18,19). The molecule has 0 aliphatic rings. The van der Waals surface area contributed by atoms with Crippen molar-refractivity contribution in [3.63, 3.8) is 0 Å². The third-order valence-electron chi connectivity index (χ3n) is 3.31. The fourth-order valence-corrected chi connectivity index (χ4v) is 2.90. The van der Waals surface area contributed by atoms with Gasteiger partial charge in [-0.3, -0.25) is 4.79 Å². The van der Waals surface area contributed by atoms with Crippen LogP contribution in [-0.4, -0.2) is 14.3 Å². The number of benzene rings is 2. The van der Waals surface area contributed by atoms with Crippen molar-refractivity contribution in [2.24, 2.45) is 0 Å². The van der Waals surface area contributed by atoms with Crippen molar-refractivity contribution < 1.29 is 17.6 Å². The molecule has 1 N–H and O–H groups in total. The molecular formula is C16H12ClNO4S. The first-order valence-electron chi connectivity index (χ1n) is 6.74. The van der Waals surface area contributed by atoms with E-state index in [9.17, 15) is 13.2 Å². The highest BCUT2D eigenvalue weighted by atomic mass is 35.7. The number of furan rings is 1. The Labute approximate surface area is 137 Å². The van der Waals surface area contributed by atoms with Crippen LogP contribution in [-0.2, 0) is 15.6 Å². The molecule has 5 nitrogen and oxygen atoms in total. The number of carbonyl (C=O) groups excluding carboxylic acids is 1. The highest BCUT2D eigenvalue weighted by molar-refractivity contribution is 8.13. The van der Waals surface area contributed by atoms with Crippen molar-refractivity contribution in [3.05, 3.63) is 65.9 Å². The highest BCUT2D eigenvalue weighted by Crippen LogP contribution is 2.19. The molecule has 0 aliphatic carbocycles. The van der Waals surface area contributed by atoms with Crippen molar-refractivity contribution in [3.8, 4) is 0 Å². The summed E-state index contributed by atoms with van der Waals surface area (Å²) in [6.07, 6.45) is 0. The zero-order chi connectivity index (χ0) is 16.4. The van der Waals surface area contributed by atoms with Crippen molar-refractivity contribution in [1.82, 2.24) is 5.32 Å². The second-order valence-electron chi connectivity index (χ2n) is 4.91. The summed E-state index contributed by atoms with van der Waals surface area (Å²) in [6, 6.07) is 15.0. The first-order chi connectivity index (χ1) is 10.9. The van der Waals surface area contributed by atoms with E-state index in [4.69, 9.17) is 15.1 Å².